The van der Waals surface area contributed by atoms with Crippen LogP contribution >= 0.6 is 0 Å². The summed E-state index contributed by atoms with van der Waals surface area (Å²) in [5.74, 6) is 1.03. The molecule has 0 fully saturated rings. The van der Waals surface area contributed by atoms with Crippen molar-refractivity contribution >= 4 is 5.88 Å². The average molecular weight is 230 g/mol. The Labute approximate surface area is 99.7 Å². The van der Waals surface area contributed by atoms with Gasteiger partial charge in [0, 0.05) is 5.56 Å². The van der Waals surface area contributed by atoms with Crippen LogP contribution < -0.4 is 10.5 Å². The minimum Gasteiger partial charge on any atom is -0.489 e. The summed E-state index contributed by atoms with van der Waals surface area (Å²) in [5.41, 5.74) is 8.26. The maximum Gasteiger partial charge on any atom is 0.230 e. The highest BCUT2D eigenvalue weighted by Crippen LogP contribution is 2.33. The molecule has 1 heterocycles. The van der Waals surface area contributed by atoms with E-state index in [4.69, 9.17) is 15.0 Å². The van der Waals surface area contributed by atoms with Crippen molar-refractivity contribution in [3.63, 3.8) is 0 Å². The van der Waals surface area contributed by atoms with Crippen molar-refractivity contribution in [3.8, 4) is 16.9 Å². The lowest BCUT2D eigenvalue weighted by Crippen LogP contribution is -1.99. The van der Waals surface area contributed by atoms with E-state index in [2.05, 4.69) is 11.7 Å². The van der Waals surface area contributed by atoms with Crippen LogP contribution in [0, 0.1) is 0 Å². The molecule has 0 radical (unpaired) electrons. The van der Waals surface area contributed by atoms with Crippen molar-refractivity contribution in [3.05, 3.63) is 42.6 Å². The SMILES string of the molecule is C=C(C)COc1ccccc1-c1cnoc1N. The fourth-order valence-electron chi connectivity index (χ4n) is 1.47. The quantitative estimate of drug-likeness (QED) is 0.820. The zero-order valence-electron chi connectivity index (χ0n) is 9.64. The molecule has 0 saturated heterocycles. The molecule has 0 aliphatic carbocycles. The van der Waals surface area contributed by atoms with Crippen LogP contribution in [0.2, 0.25) is 0 Å². The van der Waals surface area contributed by atoms with Gasteiger partial charge in [-0.3, -0.25) is 0 Å². The maximum absolute atomic E-state index is 5.70. The highest BCUT2D eigenvalue weighted by molar-refractivity contribution is 5.76. The number of nitrogens with two attached hydrogens (primary N) is 1. The normalized spacial score (nSPS) is 10.2. The van der Waals surface area contributed by atoms with Gasteiger partial charge >= 0.3 is 0 Å². The summed E-state index contributed by atoms with van der Waals surface area (Å²) in [7, 11) is 0. The monoisotopic (exact) mass is 230 g/mol. The van der Waals surface area contributed by atoms with Crippen molar-refractivity contribution < 1.29 is 9.26 Å². The molecule has 0 amide bonds. The van der Waals surface area contributed by atoms with Crippen LogP contribution in [0.4, 0.5) is 5.88 Å². The van der Waals surface area contributed by atoms with Gasteiger partial charge in [-0.25, -0.2) is 0 Å². The smallest absolute Gasteiger partial charge is 0.230 e. The molecule has 2 aromatic rings. The van der Waals surface area contributed by atoms with Crippen LogP contribution in [0.15, 0.2) is 47.1 Å². The van der Waals surface area contributed by atoms with E-state index in [1.807, 2.05) is 31.2 Å². The number of anilines is 1. The van der Waals surface area contributed by atoms with Gasteiger partial charge in [0.05, 0.1) is 11.8 Å². The van der Waals surface area contributed by atoms with E-state index >= 15 is 0 Å². The minimum absolute atomic E-state index is 0.288. The molecule has 0 unspecified atom stereocenters. The zero-order valence-corrected chi connectivity index (χ0v) is 9.64. The summed E-state index contributed by atoms with van der Waals surface area (Å²) >= 11 is 0. The molecule has 88 valence electrons. The first-order valence-electron chi connectivity index (χ1n) is 5.25. The second kappa shape index (κ2) is 4.74. The van der Waals surface area contributed by atoms with Crippen LogP contribution in [0.1, 0.15) is 6.92 Å². The Hall–Kier alpha value is -2.23. The van der Waals surface area contributed by atoms with E-state index in [0.29, 0.717) is 6.61 Å². The number of nitrogens with zero attached hydrogens (tertiary/aromatic N) is 1. The molecule has 4 heteroatoms. The summed E-state index contributed by atoms with van der Waals surface area (Å²) in [6, 6.07) is 7.61. The molecular formula is C13H14N2O2. The van der Waals surface area contributed by atoms with Gasteiger partial charge in [0.25, 0.3) is 0 Å². The summed E-state index contributed by atoms with van der Waals surface area (Å²) in [4.78, 5) is 0. The molecule has 4 nitrogen and oxygen atoms in total. The number of rotatable bonds is 4. The van der Waals surface area contributed by atoms with Gasteiger partial charge in [-0.2, -0.15) is 0 Å². The second-order valence-corrected chi connectivity index (χ2v) is 3.85. The lowest BCUT2D eigenvalue weighted by Gasteiger charge is -2.10. The Morgan fingerprint density at radius 2 is 2.18 bits per heavy atom. The highest BCUT2D eigenvalue weighted by Gasteiger charge is 2.11. The van der Waals surface area contributed by atoms with Gasteiger partial charge in [0.2, 0.25) is 5.88 Å². The van der Waals surface area contributed by atoms with Crippen LogP contribution in [-0.4, -0.2) is 11.8 Å². The second-order valence-electron chi connectivity index (χ2n) is 3.85. The first kappa shape index (κ1) is 11.3. The molecule has 1 aromatic heterocycles. The Balaban J connectivity index is 2.34. The molecule has 1 aromatic carbocycles. The van der Waals surface area contributed by atoms with E-state index in [-0.39, 0.29) is 5.88 Å². The molecule has 0 aliphatic heterocycles. The van der Waals surface area contributed by atoms with Crippen molar-refractivity contribution in [2.24, 2.45) is 0 Å². The summed E-state index contributed by atoms with van der Waals surface area (Å²) in [6.45, 7) is 6.19. The Morgan fingerprint density at radius 1 is 1.41 bits per heavy atom. The molecule has 0 spiro atoms. The molecule has 17 heavy (non-hydrogen) atoms. The third-order valence-electron chi connectivity index (χ3n) is 2.25. The first-order chi connectivity index (χ1) is 8.18. The lowest BCUT2D eigenvalue weighted by atomic mass is 10.1. The number of aromatic nitrogens is 1. The van der Waals surface area contributed by atoms with E-state index in [1.165, 1.54) is 0 Å². The van der Waals surface area contributed by atoms with E-state index in [1.54, 1.807) is 6.20 Å². The van der Waals surface area contributed by atoms with E-state index in [0.717, 1.165) is 22.4 Å². The maximum atomic E-state index is 5.70. The van der Waals surface area contributed by atoms with Crippen LogP contribution in [0.25, 0.3) is 11.1 Å². The van der Waals surface area contributed by atoms with Crippen molar-refractivity contribution in [2.45, 2.75) is 6.92 Å². The zero-order chi connectivity index (χ0) is 12.3. The molecule has 0 atom stereocenters. The first-order valence-corrected chi connectivity index (χ1v) is 5.25. The van der Waals surface area contributed by atoms with Gasteiger partial charge in [0.15, 0.2) is 0 Å². The number of hydrogen-bond acceptors (Lipinski definition) is 4. The predicted octanol–water partition coefficient (Wildman–Crippen LogP) is 2.88. The number of nitrogen functional groups attached to an aromatic ring is 1. The molecule has 0 saturated carbocycles. The standard InChI is InChI=1S/C13H14N2O2/c1-9(2)8-16-12-6-4-3-5-10(12)11-7-15-17-13(11)14/h3-7H,1,8,14H2,2H3. The molecule has 0 aliphatic rings. The highest BCUT2D eigenvalue weighted by atomic mass is 16.5. The Bertz CT molecular complexity index is 532. The average Bonchev–Trinajstić information content (AvgIpc) is 2.73. The minimum atomic E-state index is 0.288. The van der Waals surface area contributed by atoms with E-state index < -0.39 is 0 Å². The third-order valence-corrected chi connectivity index (χ3v) is 2.25. The van der Waals surface area contributed by atoms with Crippen molar-refractivity contribution in [1.29, 1.82) is 0 Å². The van der Waals surface area contributed by atoms with Crippen molar-refractivity contribution in [2.75, 3.05) is 12.3 Å². The summed E-state index contributed by atoms with van der Waals surface area (Å²) in [6.07, 6.45) is 1.58. The number of ether oxygens (including phenoxy) is 1. The van der Waals surface area contributed by atoms with Crippen LogP contribution in [0.5, 0.6) is 5.75 Å². The Kier molecular flexibility index (Phi) is 3.14. The fourth-order valence-corrected chi connectivity index (χ4v) is 1.47. The predicted molar refractivity (Wildman–Crippen MR) is 66.7 cm³/mol. The third kappa shape index (κ3) is 2.47. The lowest BCUT2D eigenvalue weighted by molar-refractivity contribution is 0.354. The van der Waals surface area contributed by atoms with Crippen LogP contribution in [0.3, 0.4) is 0 Å². The molecular weight excluding hydrogens is 216 g/mol. The topological polar surface area (TPSA) is 61.3 Å². The number of hydrogen-bond donors (Lipinski definition) is 1. The Morgan fingerprint density at radius 3 is 2.82 bits per heavy atom. The van der Waals surface area contributed by atoms with Gasteiger partial charge < -0.3 is 15.0 Å². The van der Waals surface area contributed by atoms with Gasteiger partial charge in [-0.05, 0) is 18.6 Å². The number of para-hydroxylation sites is 1. The fraction of sp³-hybridized carbons (Fsp3) is 0.154. The van der Waals surface area contributed by atoms with Gasteiger partial charge in [-0.15, -0.1) is 0 Å². The molecule has 0 bridgehead atoms. The summed E-state index contributed by atoms with van der Waals surface area (Å²) in [5, 5.41) is 3.66. The van der Waals surface area contributed by atoms with Crippen molar-refractivity contribution in [1.82, 2.24) is 5.16 Å². The molecule has 2 N–H and O–H groups in total. The summed E-state index contributed by atoms with van der Waals surface area (Å²) < 4.78 is 10.5. The number of benzene rings is 1. The van der Waals surface area contributed by atoms with Gasteiger partial charge in [-0.1, -0.05) is 29.9 Å². The van der Waals surface area contributed by atoms with E-state index in [9.17, 15) is 0 Å². The van der Waals surface area contributed by atoms with Gasteiger partial charge in [0.1, 0.15) is 12.4 Å². The largest absolute Gasteiger partial charge is 0.489 e. The molecule has 2 rings (SSSR count). The van der Waals surface area contributed by atoms with Crippen LogP contribution in [-0.2, 0) is 0 Å².